The zero-order valence-corrected chi connectivity index (χ0v) is 19.5. The molecule has 0 aromatic carbocycles. The van der Waals surface area contributed by atoms with Crippen LogP contribution in [0, 0.1) is 0 Å². The van der Waals surface area contributed by atoms with Gasteiger partial charge in [0.1, 0.15) is 0 Å². The Hall–Kier alpha value is 0.400. The molecular formula is C22H48BrNO. The van der Waals surface area contributed by atoms with Crippen molar-refractivity contribution in [2.75, 3.05) is 27.2 Å². The molecule has 0 amide bonds. The fourth-order valence-corrected chi connectivity index (χ4v) is 3.46. The Labute approximate surface area is 168 Å². The number of halogens is 1. The summed E-state index contributed by atoms with van der Waals surface area (Å²) in [4.78, 5) is 0. The first-order chi connectivity index (χ1) is 12.1. The zero-order valence-electron chi connectivity index (χ0n) is 18.0. The first kappa shape index (κ1) is 27.6. The molecule has 0 aliphatic rings. The monoisotopic (exact) mass is 421 g/mol. The average Bonchev–Trinajstić information content (AvgIpc) is 2.61. The molecule has 0 atom stereocenters. The van der Waals surface area contributed by atoms with E-state index in [9.17, 15) is 0 Å². The highest BCUT2D eigenvalue weighted by Gasteiger charge is 2.13. The van der Waals surface area contributed by atoms with Crippen molar-refractivity contribution in [1.29, 1.82) is 0 Å². The summed E-state index contributed by atoms with van der Waals surface area (Å²) in [6.45, 7) is 7.36. The van der Waals surface area contributed by atoms with Crippen LogP contribution in [0.25, 0.3) is 0 Å². The summed E-state index contributed by atoms with van der Waals surface area (Å²) in [7, 11) is 4.87. The lowest BCUT2D eigenvalue weighted by molar-refractivity contribution is -0.890. The van der Waals surface area contributed by atoms with Gasteiger partial charge in [0.05, 0.1) is 27.2 Å². The lowest BCUT2D eigenvalue weighted by Crippen LogP contribution is -2.41. The van der Waals surface area contributed by atoms with Crippen LogP contribution in [0.2, 0.25) is 0 Å². The maximum atomic E-state index is 8.06. The molecule has 0 aromatic rings. The van der Waals surface area contributed by atoms with E-state index < -0.39 is 0 Å². The molecule has 0 fully saturated rings. The van der Waals surface area contributed by atoms with Crippen molar-refractivity contribution in [1.82, 2.24) is 0 Å². The Balaban J connectivity index is 0. The lowest BCUT2D eigenvalue weighted by Gasteiger charge is -2.30. The molecule has 0 aromatic heterocycles. The second kappa shape index (κ2) is 22.4. The van der Waals surface area contributed by atoms with E-state index in [4.69, 9.17) is 4.20 Å². The molecule has 0 spiro atoms. The number of nitrogens with zero attached hydrogens (tertiary/aromatic N) is 1. The van der Waals surface area contributed by atoms with Crippen LogP contribution >= 0.6 is 16.3 Å². The Bertz CT molecular complexity index is 212. The second-order valence-corrected chi connectivity index (χ2v) is 8.33. The van der Waals surface area contributed by atoms with Crippen LogP contribution in [-0.2, 0) is 0 Å². The standard InChI is InChI=1S/C22H48N.BrO/c1-5-7-9-11-13-15-17-19-21-23(3,4)22-20-18-16-14-12-10-8-6-2;1-2/h5-22H2,1-4H3;/q+1;-1. The number of hydrogen-bond acceptors (Lipinski definition) is 1. The molecule has 0 radical (unpaired) electrons. The predicted octanol–water partition coefficient (Wildman–Crippen LogP) is 7.00. The van der Waals surface area contributed by atoms with Gasteiger partial charge >= 0.3 is 0 Å². The predicted molar refractivity (Wildman–Crippen MR) is 116 cm³/mol. The van der Waals surface area contributed by atoms with E-state index in [1.165, 1.54) is 120 Å². The molecule has 0 heterocycles. The molecule has 0 N–H and O–H groups in total. The van der Waals surface area contributed by atoms with Gasteiger partial charge in [0.25, 0.3) is 0 Å². The van der Waals surface area contributed by atoms with E-state index in [0.717, 1.165) is 0 Å². The SMILES string of the molecule is CCCCCCCCCC[N+](C)(C)CCCCCCCCCC.[O-]Br. The first-order valence-electron chi connectivity index (χ1n) is 11.1. The first-order valence-corrected chi connectivity index (χ1v) is 11.7. The van der Waals surface area contributed by atoms with E-state index in [0.29, 0.717) is 0 Å². The van der Waals surface area contributed by atoms with Crippen molar-refractivity contribution >= 4 is 16.3 Å². The van der Waals surface area contributed by atoms with E-state index >= 15 is 0 Å². The fourth-order valence-electron chi connectivity index (χ4n) is 3.46. The third-order valence-electron chi connectivity index (χ3n) is 5.23. The van der Waals surface area contributed by atoms with E-state index in [1.807, 2.05) is 0 Å². The minimum atomic E-state index is 1.24. The highest BCUT2D eigenvalue weighted by molar-refractivity contribution is 9.04. The quantitative estimate of drug-likeness (QED) is 0.172. The molecule has 0 aliphatic heterocycles. The van der Waals surface area contributed by atoms with Gasteiger partial charge in [-0.3, -0.25) is 0 Å². The van der Waals surface area contributed by atoms with Gasteiger partial charge in [-0.25, -0.2) is 16.3 Å². The number of rotatable bonds is 18. The average molecular weight is 423 g/mol. The molecule has 0 bridgehead atoms. The van der Waals surface area contributed by atoms with Gasteiger partial charge in [0.15, 0.2) is 0 Å². The lowest BCUT2D eigenvalue weighted by atomic mass is 10.1. The Morgan fingerprint density at radius 1 is 0.480 bits per heavy atom. The van der Waals surface area contributed by atoms with Gasteiger partial charge in [-0.1, -0.05) is 90.9 Å². The van der Waals surface area contributed by atoms with Gasteiger partial charge in [-0.15, -0.1) is 0 Å². The fraction of sp³-hybridized carbons (Fsp3) is 1.00. The van der Waals surface area contributed by atoms with Crippen molar-refractivity contribution in [2.45, 2.75) is 117 Å². The van der Waals surface area contributed by atoms with Crippen molar-refractivity contribution in [3.8, 4) is 0 Å². The molecule has 0 unspecified atom stereocenters. The summed E-state index contributed by atoms with van der Waals surface area (Å²) < 4.78 is 9.30. The highest BCUT2D eigenvalue weighted by Crippen LogP contribution is 2.13. The normalized spacial score (nSPS) is 11.3. The molecule has 2 nitrogen and oxygen atoms in total. The van der Waals surface area contributed by atoms with E-state index in [2.05, 4.69) is 27.9 Å². The van der Waals surface area contributed by atoms with E-state index in [-0.39, 0.29) is 0 Å². The van der Waals surface area contributed by atoms with Crippen molar-refractivity contribution in [2.24, 2.45) is 0 Å². The van der Waals surface area contributed by atoms with Gasteiger partial charge in [0, 0.05) is 0 Å². The van der Waals surface area contributed by atoms with Crippen molar-refractivity contribution in [3.05, 3.63) is 0 Å². The van der Waals surface area contributed by atoms with Crippen LogP contribution in [-0.4, -0.2) is 31.7 Å². The second-order valence-electron chi connectivity index (χ2n) is 8.33. The molecule has 25 heavy (non-hydrogen) atoms. The highest BCUT2D eigenvalue weighted by atomic mass is 79.9. The molecular weight excluding hydrogens is 374 g/mol. The minimum absolute atomic E-state index is 1.24. The Kier molecular flexibility index (Phi) is 24.8. The van der Waals surface area contributed by atoms with Crippen LogP contribution in [0.3, 0.4) is 0 Å². The zero-order chi connectivity index (χ0) is 19.2. The molecule has 3 heteroatoms. The van der Waals surface area contributed by atoms with Gasteiger partial charge in [-0.2, -0.15) is 0 Å². The summed E-state index contributed by atoms with van der Waals surface area (Å²) in [5.41, 5.74) is 0. The minimum Gasteiger partial charge on any atom is -0.791 e. The van der Waals surface area contributed by atoms with Gasteiger partial charge < -0.3 is 8.68 Å². The van der Waals surface area contributed by atoms with Crippen molar-refractivity contribution in [3.63, 3.8) is 0 Å². The maximum absolute atomic E-state index is 8.06. The van der Waals surface area contributed by atoms with Crippen LogP contribution in [0.15, 0.2) is 0 Å². The molecule has 0 saturated carbocycles. The third-order valence-corrected chi connectivity index (χ3v) is 5.23. The summed E-state index contributed by atoms with van der Waals surface area (Å²) >= 11 is 1.69. The molecule has 0 rings (SSSR count). The smallest absolute Gasteiger partial charge is 0.0782 e. The van der Waals surface area contributed by atoms with Crippen LogP contribution in [0.5, 0.6) is 0 Å². The van der Waals surface area contributed by atoms with E-state index in [1.54, 1.807) is 16.3 Å². The van der Waals surface area contributed by atoms with Crippen LogP contribution < -0.4 is 4.20 Å². The topological polar surface area (TPSA) is 23.1 Å². The molecule has 0 saturated heterocycles. The largest absolute Gasteiger partial charge is 0.791 e. The summed E-state index contributed by atoms with van der Waals surface area (Å²) in [5.74, 6) is 0. The van der Waals surface area contributed by atoms with Crippen LogP contribution in [0.4, 0.5) is 0 Å². The van der Waals surface area contributed by atoms with Gasteiger partial charge in [-0.05, 0) is 25.7 Å². The summed E-state index contributed by atoms with van der Waals surface area (Å²) in [5, 5.41) is 0. The number of unbranched alkanes of at least 4 members (excludes halogenated alkanes) is 14. The summed E-state index contributed by atoms with van der Waals surface area (Å²) in [6, 6.07) is 0. The number of quaternary nitrogens is 1. The summed E-state index contributed by atoms with van der Waals surface area (Å²) in [6.07, 6.45) is 23.0. The number of hydrogen-bond donors (Lipinski definition) is 0. The van der Waals surface area contributed by atoms with Gasteiger partial charge in [0.2, 0.25) is 0 Å². The molecule has 154 valence electrons. The Morgan fingerprint density at radius 3 is 1.00 bits per heavy atom. The van der Waals surface area contributed by atoms with Crippen LogP contribution in [0.1, 0.15) is 117 Å². The molecule has 0 aliphatic carbocycles. The Morgan fingerprint density at radius 2 is 0.720 bits per heavy atom. The maximum Gasteiger partial charge on any atom is 0.0782 e. The third kappa shape index (κ3) is 24.4. The van der Waals surface area contributed by atoms with Crippen molar-refractivity contribution < 1.29 is 8.68 Å².